The molecule has 0 aromatic heterocycles. The predicted octanol–water partition coefficient (Wildman–Crippen LogP) is 2.18. The Morgan fingerprint density at radius 1 is 1.50 bits per heavy atom. The summed E-state index contributed by atoms with van der Waals surface area (Å²) in [7, 11) is 0. The number of hydrogen-bond acceptors (Lipinski definition) is 3. The van der Waals surface area contributed by atoms with Crippen molar-refractivity contribution in [1.82, 2.24) is 0 Å². The molecular weight excluding hydrogens is 204 g/mol. The summed E-state index contributed by atoms with van der Waals surface area (Å²) in [6.07, 6.45) is 0.409. The molecule has 4 heteroatoms. The molecule has 1 aliphatic heterocycles. The van der Waals surface area contributed by atoms with Gasteiger partial charge in [-0.15, -0.1) is 0 Å². The lowest BCUT2D eigenvalue weighted by Gasteiger charge is -2.18. The van der Waals surface area contributed by atoms with E-state index in [0.29, 0.717) is 6.54 Å². The first-order valence-electron chi connectivity index (χ1n) is 5.45. The van der Waals surface area contributed by atoms with Gasteiger partial charge in [-0.2, -0.15) is 0 Å². The fraction of sp³-hybridized carbons (Fsp3) is 0.417. The Balaban J connectivity index is 2.24. The molecule has 0 saturated heterocycles. The van der Waals surface area contributed by atoms with Crippen molar-refractivity contribution >= 4 is 17.5 Å². The van der Waals surface area contributed by atoms with Crippen LogP contribution in [-0.2, 0) is 11.2 Å². The third-order valence-electron chi connectivity index (χ3n) is 2.62. The van der Waals surface area contributed by atoms with Crippen LogP contribution in [0.5, 0.6) is 0 Å². The molecule has 1 amide bonds. The number of benzene rings is 1. The second kappa shape index (κ2) is 4.04. The van der Waals surface area contributed by atoms with Gasteiger partial charge in [-0.25, -0.2) is 4.79 Å². The van der Waals surface area contributed by atoms with E-state index in [1.165, 1.54) is 0 Å². The second-order valence-corrected chi connectivity index (χ2v) is 4.18. The number of hydrogen-bond donors (Lipinski definition) is 1. The average molecular weight is 220 g/mol. The van der Waals surface area contributed by atoms with E-state index in [9.17, 15) is 4.79 Å². The molecule has 2 N–H and O–H groups in total. The molecule has 1 aromatic rings. The number of ether oxygens (including phenoxy) is 1. The predicted molar refractivity (Wildman–Crippen MR) is 63.5 cm³/mol. The van der Waals surface area contributed by atoms with Crippen molar-refractivity contribution in [2.24, 2.45) is 0 Å². The molecule has 0 unspecified atom stereocenters. The fourth-order valence-electron chi connectivity index (χ4n) is 1.92. The van der Waals surface area contributed by atoms with Crippen LogP contribution in [0.3, 0.4) is 0 Å². The molecule has 0 saturated carbocycles. The van der Waals surface area contributed by atoms with Crippen LogP contribution >= 0.6 is 0 Å². The van der Waals surface area contributed by atoms with E-state index in [0.717, 1.165) is 23.4 Å². The number of carbonyl (C=O) groups is 1. The summed E-state index contributed by atoms with van der Waals surface area (Å²) >= 11 is 0. The maximum atomic E-state index is 11.8. The van der Waals surface area contributed by atoms with Crippen molar-refractivity contribution < 1.29 is 9.53 Å². The first-order valence-corrected chi connectivity index (χ1v) is 5.45. The number of nitrogens with zero attached hydrogens (tertiary/aromatic N) is 1. The van der Waals surface area contributed by atoms with Crippen molar-refractivity contribution in [2.75, 3.05) is 17.2 Å². The minimum absolute atomic E-state index is 0.0994. The van der Waals surface area contributed by atoms with E-state index in [1.807, 2.05) is 32.0 Å². The maximum absolute atomic E-state index is 11.8. The smallest absolute Gasteiger partial charge is 0.414 e. The molecule has 2 rings (SSSR count). The maximum Gasteiger partial charge on any atom is 0.414 e. The quantitative estimate of drug-likeness (QED) is 0.738. The summed E-state index contributed by atoms with van der Waals surface area (Å²) in [5, 5.41) is 0. The van der Waals surface area contributed by atoms with Gasteiger partial charge in [0.1, 0.15) is 0 Å². The number of carbonyl (C=O) groups excluding carboxylic acids is 1. The number of anilines is 2. The van der Waals surface area contributed by atoms with Crippen LogP contribution in [0.4, 0.5) is 16.2 Å². The Labute approximate surface area is 95.0 Å². The lowest BCUT2D eigenvalue weighted by molar-refractivity contribution is 0.123. The molecule has 0 bridgehead atoms. The first kappa shape index (κ1) is 10.8. The van der Waals surface area contributed by atoms with Crippen molar-refractivity contribution in [3.8, 4) is 0 Å². The highest BCUT2D eigenvalue weighted by atomic mass is 16.6. The molecule has 0 radical (unpaired) electrons. The van der Waals surface area contributed by atoms with Gasteiger partial charge in [0, 0.05) is 17.8 Å². The molecule has 0 fully saturated rings. The van der Waals surface area contributed by atoms with Gasteiger partial charge in [-0.1, -0.05) is 6.07 Å². The van der Waals surface area contributed by atoms with Gasteiger partial charge in [0.25, 0.3) is 0 Å². The van der Waals surface area contributed by atoms with Crippen LogP contribution in [0.15, 0.2) is 18.2 Å². The Bertz CT molecular complexity index is 415. The van der Waals surface area contributed by atoms with Gasteiger partial charge in [0.05, 0.1) is 11.8 Å². The molecule has 0 spiro atoms. The summed E-state index contributed by atoms with van der Waals surface area (Å²) in [6.45, 7) is 4.33. The van der Waals surface area contributed by atoms with E-state index in [-0.39, 0.29) is 12.2 Å². The first-order chi connectivity index (χ1) is 7.59. The van der Waals surface area contributed by atoms with E-state index in [1.54, 1.807) is 4.90 Å². The van der Waals surface area contributed by atoms with Crippen LogP contribution in [0.2, 0.25) is 0 Å². The standard InChI is InChI=1S/C12H16N2O2/c1-8(2)16-12(15)14-7-6-9-10(13)4-3-5-11(9)14/h3-5,8H,6-7,13H2,1-2H3. The summed E-state index contributed by atoms with van der Waals surface area (Å²) in [5.41, 5.74) is 8.53. The van der Waals surface area contributed by atoms with E-state index >= 15 is 0 Å². The van der Waals surface area contributed by atoms with Crippen LogP contribution < -0.4 is 10.6 Å². The average Bonchev–Trinajstić information content (AvgIpc) is 2.61. The van der Waals surface area contributed by atoms with Gasteiger partial charge in [-0.3, -0.25) is 4.90 Å². The Morgan fingerprint density at radius 2 is 2.25 bits per heavy atom. The molecule has 0 aliphatic carbocycles. The molecule has 1 heterocycles. The summed E-state index contributed by atoms with van der Waals surface area (Å²) in [6, 6.07) is 5.62. The number of amides is 1. The largest absolute Gasteiger partial charge is 0.446 e. The van der Waals surface area contributed by atoms with Crippen LogP contribution in [0.25, 0.3) is 0 Å². The molecular formula is C12H16N2O2. The third-order valence-corrected chi connectivity index (χ3v) is 2.62. The Hall–Kier alpha value is -1.71. The van der Waals surface area contributed by atoms with Gasteiger partial charge >= 0.3 is 6.09 Å². The topological polar surface area (TPSA) is 55.6 Å². The number of fused-ring (bicyclic) bond motifs is 1. The van der Waals surface area contributed by atoms with Gasteiger partial charge < -0.3 is 10.5 Å². The highest BCUT2D eigenvalue weighted by molar-refractivity contribution is 5.91. The van der Waals surface area contributed by atoms with Crippen LogP contribution in [0.1, 0.15) is 19.4 Å². The SMILES string of the molecule is CC(C)OC(=O)N1CCc2c(N)cccc21. The second-order valence-electron chi connectivity index (χ2n) is 4.18. The third kappa shape index (κ3) is 1.83. The Morgan fingerprint density at radius 3 is 2.94 bits per heavy atom. The summed E-state index contributed by atoms with van der Waals surface area (Å²) in [5.74, 6) is 0. The normalized spacial score (nSPS) is 14.1. The lowest BCUT2D eigenvalue weighted by atomic mass is 10.1. The summed E-state index contributed by atoms with van der Waals surface area (Å²) < 4.78 is 5.18. The fourth-order valence-corrected chi connectivity index (χ4v) is 1.92. The monoisotopic (exact) mass is 220 g/mol. The van der Waals surface area contributed by atoms with Crippen molar-refractivity contribution in [3.63, 3.8) is 0 Å². The lowest BCUT2D eigenvalue weighted by Crippen LogP contribution is -2.31. The highest BCUT2D eigenvalue weighted by Gasteiger charge is 2.27. The van der Waals surface area contributed by atoms with E-state index in [4.69, 9.17) is 10.5 Å². The molecule has 86 valence electrons. The minimum atomic E-state index is -0.292. The van der Waals surface area contributed by atoms with Crippen LogP contribution in [-0.4, -0.2) is 18.7 Å². The highest BCUT2D eigenvalue weighted by Crippen LogP contribution is 2.32. The zero-order chi connectivity index (χ0) is 11.7. The number of nitrogen functional groups attached to an aromatic ring is 1. The molecule has 0 atom stereocenters. The Kier molecular flexibility index (Phi) is 2.73. The van der Waals surface area contributed by atoms with Crippen LogP contribution in [0, 0.1) is 0 Å². The summed E-state index contributed by atoms with van der Waals surface area (Å²) in [4.78, 5) is 13.4. The number of nitrogens with two attached hydrogens (primary N) is 1. The van der Waals surface area contributed by atoms with E-state index in [2.05, 4.69) is 0 Å². The molecule has 16 heavy (non-hydrogen) atoms. The molecule has 4 nitrogen and oxygen atoms in total. The van der Waals surface area contributed by atoms with Crippen molar-refractivity contribution in [2.45, 2.75) is 26.4 Å². The van der Waals surface area contributed by atoms with Gasteiger partial charge in [0.15, 0.2) is 0 Å². The molecule has 1 aromatic carbocycles. The zero-order valence-corrected chi connectivity index (χ0v) is 9.56. The van der Waals surface area contributed by atoms with Crippen molar-refractivity contribution in [3.05, 3.63) is 23.8 Å². The van der Waals surface area contributed by atoms with E-state index < -0.39 is 0 Å². The minimum Gasteiger partial charge on any atom is -0.446 e. The van der Waals surface area contributed by atoms with Gasteiger partial charge in [0.2, 0.25) is 0 Å². The number of rotatable bonds is 1. The van der Waals surface area contributed by atoms with Crippen molar-refractivity contribution in [1.29, 1.82) is 0 Å². The zero-order valence-electron chi connectivity index (χ0n) is 9.56. The van der Waals surface area contributed by atoms with Gasteiger partial charge in [-0.05, 0) is 32.4 Å². The molecule has 1 aliphatic rings.